The first-order valence-corrected chi connectivity index (χ1v) is 6.11. The Labute approximate surface area is 113 Å². The molecule has 0 aromatic carbocycles. The lowest BCUT2D eigenvalue weighted by atomic mass is 10.1. The maximum absolute atomic E-state index is 12.4. The fraction of sp³-hybridized carbons (Fsp3) is 0.667. The molecule has 0 radical (unpaired) electrons. The molecule has 102 valence electrons. The normalized spacial score (nSPS) is 18.8. The maximum Gasteiger partial charge on any atom is 0.259 e. The fourth-order valence-electron chi connectivity index (χ4n) is 2.30. The molecule has 1 aliphatic heterocycles. The molecule has 1 aliphatic rings. The highest BCUT2D eigenvalue weighted by Gasteiger charge is 2.29. The van der Waals surface area contributed by atoms with Crippen LogP contribution in [0.5, 0.6) is 0 Å². The van der Waals surface area contributed by atoms with Crippen LogP contribution in [0, 0.1) is 12.8 Å². The van der Waals surface area contributed by atoms with Gasteiger partial charge in [-0.05, 0) is 25.8 Å². The number of likely N-dealkylation sites (tertiary alicyclic amines) is 1. The van der Waals surface area contributed by atoms with Crippen molar-refractivity contribution < 1.29 is 9.32 Å². The van der Waals surface area contributed by atoms with Crippen LogP contribution in [0.3, 0.4) is 0 Å². The Hall–Kier alpha value is -1.07. The molecule has 18 heavy (non-hydrogen) atoms. The van der Waals surface area contributed by atoms with Gasteiger partial charge in [-0.15, -0.1) is 12.4 Å². The SMILES string of the molecule is CCc1onc(C)c1C(=O)N1CCC(CN)C1.Cl. The smallest absolute Gasteiger partial charge is 0.259 e. The summed E-state index contributed by atoms with van der Waals surface area (Å²) in [7, 11) is 0. The van der Waals surface area contributed by atoms with Gasteiger partial charge in [0.05, 0.1) is 5.69 Å². The summed E-state index contributed by atoms with van der Waals surface area (Å²) in [4.78, 5) is 14.2. The van der Waals surface area contributed by atoms with Crippen molar-refractivity contribution in [3.05, 3.63) is 17.0 Å². The molecule has 2 N–H and O–H groups in total. The number of aromatic nitrogens is 1. The van der Waals surface area contributed by atoms with Gasteiger partial charge in [0.15, 0.2) is 0 Å². The van der Waals surface area contributed by atoms with E-state index >= 15 is 0 Å². The third-order valence-corrected chi connectivity index (χ3v) is 3.37. The Balaban J connectivity index is 0.00000162. The molecule has 0 spiro atoms. The average Bonchev–Trinajstić information content (AvgIpc) is 2.94. The first-order valence-electron chi connectivity index (χ1n) is 6.11. The predicted molar refractivity (Wildman–Crippen MR) is 70.9 cm³/mol. The van der Waals surface area contributed by atoms with Crippen molar-refractivity contribution in [1.29, 1.82) is 0 Å². The number of hydrogen-bond acceptors (Lipinski definition) is 4. The van der Waals surface area contributed by atoms with Gasteiger partial charge >= 0.3 is 0 Å². The van der Waals surface area contributed by atoms with Gasteiger partial charge in [0, 0.05) is 19.5 Å². The summed E-state index contributed by atoms with van der Waals surface area (Å²) >= 11 is 0. The number of hydrogen-bond donors (Lipinski definition) is 1. The number of aryl methyl sites for hydroxylation is 2. The van der Waals surface area contributed by atoms with Gasteiger partial charge in [-0.1, -0.05) is 12.1 Å². The van der Waals surface area contributed by atoms with Crippen LogP contribution in [-0.4, -0.2) is 35.6 Å². The lowest BCUT2D eigenvalue weighted by Gasteiger charge is -2.16. The maximum atomic E-state index is 12.4. The van der Waals surface area contributed by atoms with Gasteiger partial charge in [-0.25, -0.2) is 0 Å². The minimum absolute atomic E-state index is 0. The van der Waals surface area contributed by atoms with Crippen molar-refractivity contribution in [1.82, 2.24) is 10.1 Å². The average molecular weight is 274 g/mol. The highest BCUT2D eigenvalue weighted by atomic mass is 35.5. The molecular formula is C12H20ClN3O2. The van der Waals surface area contributed by atoms with Crippen LogP contribution in [0.15, 0.2) is 4.52 Å². The Kier molecular flexibility index (Phi) is 5.16. The van der Waals surface area contributed by atoms with E-state index in [1.807, 2.05) is 18.7 Å². The third kappa shape index (κ3) is 2.67. The van der Waals surface area contributed by atoms with Crippen LogP contribution in [0.1, 0.15) is 35.2 Å². The Bertz CT molecular complexity index is 419. The quantitative estimate of drug-likeness (QED) is 0.903. The zero-order chi connectivity index (χ0) is 12.4. The van der Waals surface area contributed by atoms with Crippen molar-refractivity contribution >= 4 is 18.3 Å². The summed E-state index contributed by atoms with van der Waals surface area (Å²) < 4.78 is 5.16. The van der Waals surface area contributed by atoms with Crippen LogP contribution in [0.25, 0.3) is 0 Å². The first-order chi connectivity index (χ1) is 8.17. The van der Waals surface area contributed by atoms with Crippen molar-refractivity contribution in [2.45, 2.75) is 26.7 Å². The molecule has 1 atom stereocenters. The molecule has 1 saturated heterocycles. The molecule has 0 aliphatic carbocycles. The number of amides is 1. The molecule has 1 aromatic rings. The van der Waals surface area contributed by atoms with Crippen LogP contribution in [0.2, 0.25) is 0 Å². The molecule has 2 heterocycles. The molecule has 1 aromatic heterocycles. The number of nitrogens with two attached hydrogens (primary N) is 1. The Morgan fingerprint density at radius 1 is 1.61 bits per heavy atom. The summed E-state index contributed by atoms with van der Waals surface area (Å²) in [5.41, 5.74) is 6.96. The van der Waals surface area contributed by atoms with Crippen LogP contribution in [-0.2, 0) is 6.42 Å². The van der Waals surface area contributed by atoms with Gasteiger partial charge in [-0.3, -0.25) is 4.79 Å². The van der Waals surface area contributed by atoms with E-state index in [1.165, 1.54) is 0 Å². The lowest BCUT2D eigenvalue weighted by Crippen LogP contribution is -2.30. The molecule has 0 saturated carbocycles. The second-order valence-corrected chi connectivity index (χ2v) is 4.56. The van der Waals surface area contributed by atoms with E-state index in [-0.39, 0.29) is 18.3 Å². The summed E-state index contributed by atoms with van der Waals surface area (Å²) in [6.07, 6.45) is 1.68. The second kappa shape index (κ2) is 6.20. The van der Waals surface area contributed by atoms with E-state index < -0.39 is 0 Å². The Morgan fingerprint density at radius 2 is 2.33 bits per heavy atom. The number of carbonyl (C=O) groups excluding carboxylic acids is 1. The largest absolute Gasteiger partial charge is 0.360 e. The molecule has 0 bridgehead atoms. The van der Waals surface area contributed by atoms with Crippen molar-refractivity contribution in [3.63, 3.8) is 0 Å². The topological polar surface area (TPSA) is 72.4 Å². The lowest BCUT2D eigenvalue weighted by molar-refractivity contribution is 0.0785. The first kappa shape index (κ1) is 15.0. The summed E-state index contributed by atoms with van der Waals surface area (Å²) in [5.74, 6) is 1.16. The molecular weight excluding hydrogens is 254 g/mol. The monoisotopic (exact) mass is 273 g/mol. The van der Waals surface area contributed by atoms with E-state index in [9.17, 15) is 4.79 Å². The van der Waals surface area contributed by atoms with Crippen LogP contribution >= 0.6 is 12.4 Å². The molecule has 5 nitrogen and oxygen atoms in total. The highest BCUT2D eigenvalue weighted by molar-refractivity contribution is 5.96. The standard InChI is InChI=1S/C12H19N3O2.ClH/c1-3-10-11(8(2)14-17-10)12(16)15-5-4-9(6-13)7-15;/h9H,3-7,13H2,1-2H3;1H. The fourth-order valence-corrected chi connectivity index (χ4v) is 2.30. The predicted octanol–water partition coefficient (Wildman–Crippen LogP) is 1.39. The summed E-state index contributed by atoms with van der Waals surface area (Å²) in [5, 5.41) is 3.87. The summed E-state index contributed by atoms with van der Waals surface area (Å²) in [6, 6.07) is 0. The van der Waals surface area contributed by atoms with Gasteiger partial charge in [0.1, 0.15) is 11.3 Å². The Morgan fingerprint density at radius 3 is 2.89 bits per heavy atom. The summed E-state index contributed by atoms with van der Waals surface area (Å²) in [6.45, 7) is 5.96. The van der Waals surface area contributed by atoms with E-state index in [0.29, 0.717) is 35.9 Å². The molecule has 2 rings (SSSR count). The number of halogens is 1. The second-order valence-electron chi connectivity index (χ2n) is 4.56. The van der Waals surface area contributed by atoms with Gasteiger partial charge in [0.2, 0.25) is 0 Å². The molecule has 1 amide bonds. The van der Waals surface area contributed by atoms with E-state index in [4.69, 9.17) is 10.3 Å². The van der Waals surface area contributed by atoms with E-state index in [2.05, 4.69) is 5.16 Å². The van der Waals surface area contributed by atoms with E-state index in [0.717, 1.165) is 19.5 Å². The van der Waals surface area contributed by atoms with Gasteiger partial charge in [-0.2, -0.15) is 0 Å². The molecule has 6 heteroatoms. The third-order valence-electron chi connectivity index (χ3n) is 3.37. The number of nitrogens with zero attached hydrogens (tertiary/aromatic N) is 2. The van der Waals surface area contributed by atoms with Crippen molar-refractivity contribution in [2.24, 2.45) is 11.7 Å². The molecule has 1 fully saturated rings. The van der Waals surface area contributed by atoms with E-state index in [1.54, 1.807) is 0 Å². The number of rotatable bonds is 3. The molecule has 1 unspecified atom stereocenters. The van der Waals surface area contributed by atoms with Crippen LogP contribution < -0.4 is 5.73 Å². The van der Waals surface area contributed by atoms with Crippen molar-refractivity contribution in [2.75, 3.05) is 19.6 Å². The van der Waals surface area contributed by atoms with Gasteiger partial charge in [0.25, 0.3) is 5.91 Å². The minimum atomic E-state index is 0. The van der Waals surface area contributed by atoms with Gasteiger partial charge < -0.3 is 15.2 Å². The zero-order valence-electron chi connectivity index (χ0n) is 10.8. The van der Waals surface area contributed by atoms with Crippen LogP contribution in [0.4, 0.5) is 0 Å². The van der Waals surface area contributed by atoms with Crippen molar-refractivity contribution in [3.8, 4) is 0 Å². The zero-order valence-corrected chi connectivity index (χ0v) is 11.6. The highest BCUT2D eigenvalue weighted by Crippen LogP contribution is 2.21. The number of carbonyl (C=O) groups is 1. The minimum Gasteiger partial charge on any atom is -0.360 e.